The van der Waals surface area contributed by atoms with Gasteiger partial charge in [-0.15, -0.1) is 0 Å². The predicted molar refractivity (Wildman–Crippen MR) is 85.5 cm³/mol. The van der Waals surface area contributed by atoms with E-state index in [2.05, 4.69) is 10.3 Å². The molecule has 0 aliphatic heterocycles. The lowest BCUT2D eigenvalue weighted by Gasteiger charge is -2.08. The number of aromatic nitrogens is 1. The van der Waals surface area contributed by atoms with Gasteiger partial charge in [0.15, 0.2) is 5.15 Å². The molecular formula is C17H13ClN2O. The number of hydrogen-bond donors (Lipinski definition) is 1. The molecular weight excluding hydrogens is 284 g/mol. The Morgan fingerprint density at radius 1 is 1.05 bits per heavy atom. The van der Waals surface area contributed by atoms with Crippen LogP contribution in [-0.4, -0.2) is 10.9 Å². The third-order valence-electron chi connectivity index (χ3n) is 3.26. The molecule has 1 heterocycles. The second-order valence-electron chi connectivity index (χ2n) is 4.70. The minimum absolute atomic E-state index is 0.110. The van der Waals surface area contributed by atoms with Crippen molar-refractivity contribution < 1.29 is 4.79 Å². The zero-order valence-electron chi connectivity index (χ0n) is 11.2. The van der Waals surface area contributed by atoms with Gasteiger partial charge in [-0.25, -0.2) is 4.98 Å². The highest BCUT2D eigenvalue weighted by Gasteiger charge is 2.09. The Labute approximate surface area is 127 Å². The van der Waals surface area contributed by atoms with Crippen LogP contribution in [0.5, 0.6) is 0 Å². The molecule has 3 rings (SSSR count). The molecule has 0 bridgehead atoms. The minimum atomic E-state index is -0.110. The molecule has 0 unspecified atom stereocenters. The zero-order valence-corrected chi connectivity index (χ0v) is 12.0. The van der Waals surface area contributed by atoms with E-state index in [9.17, 15) is 4.79 Å². The highest BCUT2D eigenvalue weighted by Crippen LogP contribution is 2.21. The van der Waals surface area contributed by atoms with Gasteiger partial charge in [-0.1, -0.05) is 54.1 Å². The molecule has 0 spiro atoms. The van der Waals surface area contributed by atoms with Crippen molar-refractivity contribution in [2.75, 3.05) is 5.32 Å². The number of amides is 1. The van der Waals surface area contributed by atoms with Crippen LogP contribution in [0.2, 0.25) is 5.15 Å². The third kappa shape index (κ3) is 3.03. The number of nitrogens with one attached hydrogen (secondary N) is 1. The average Bonchev–Trinajstić information content (AvgIpc) is 2.50. The van der Waals surface area contributed by atoms with Gasteiger partial charge >= 0.3 is 0 Å². The monoisotopic (exact) mass is 296 g/mol. The summed E-state index contributed by atoms with van der Waals surface area (Å²) in [5, 5.41) is 5.30. The molecule has 0 atom stereocenters. The highest BCUT2D eigenvalue weighted by molar-refractivity contribution is 6.32. The topological polar surface area (TPSA) is 42.0 Å². The molecule has 1 amide bonds. The molecule has 1 N–H and O–H groups in total. The first kappa shape index (κ1) is 13.6. The molecule has 1 aromatic heterocycles. The van der Waals surface area contributed by atoms with Crippen LogP contribution in [0, 0.1) is 0 Å². The summed E-state index contributed by atoms with van der Waals surface area (Å²) in [6.07, 6.45) is 1.88. The van der Waals surface area contributed by atoms with Crippen molar-refractivity contribution in [3.05, 3.63) is 71.5 Å². The van der Waals surface area contributed by atoms with Gasteiger partial charge < -0.3 is 5.32 Å². The Morgan fingerprint density at radius 2 is 1.86 bits per heavy atom. The van der Waals surface area contributed by atoms with E-state index < -0.39 is 0 Å². The first-order valence-electron chi connectivity index (χ1n) is 6.61. The van der Waals surface area contributed by atoms with Gasteiger partial charge in [0, 0.05) is 6.20 Å². The summed E-state index contributed by atoms with van der Waals surface area (Å²) in [5.74, 6) is -0.110. The van der Waals surface area contributed by atoms with Crippen molar-refractivity contribution in [1.82, 2.24) is 4.98 Å². The minimum Gasteiger partial charge on any atom is -0.323 e. The smallest absolute Gasteiger partial charge is 0.228 e. The number of benzene rings is 2. The Kier molecular flexibility index (Phi) is 3.84. The molecule has 4 heteroatoms. The van der Waals surface area contributed by atoms with Gasteiger partial charge in [-0.2, -0.15) is 0 Å². The summed E-state index contributed by atoms with van der Waals surface area (Å²) in [7, 11) is 0. The van der Waals surface area contributed by atoms with Crippen molar-refractivity contribution >= 4 is 34.0 Å². The largest absolute Gasteiger partial charge is 0.323 e. The van der Waals surface area contributed by atoms with Gasteiger partial charge in [0.05, 0.1) is 12.1 Å². The maximum atomic E-state index is 12.2. The number of carbonyl (C=O) groups is 1. The molecule has 0 radical (unpaired) electrons. The summed E-state index contributed by atoms with van der Waals surface area (Å²) >= 11 is 5.94. The maximum absolute atomic E-state index is 12.2. The number of carbonyl (C=O) groups excluding carboxylic acids is 1. The number of hydrogen-bond acceptors (Lipinski definition) is 2. The Hall–Kier alpha value is -2.39. The van der Waals surface area contributed by atoms with Gasteiger partial charge in [0.25, 0.3) is 0 Å². The van der Waals surface area contributed by atoms with Gasteiger partial charge in [0.2, 0.25) is 5.91 Å². The SMILES string of the molecule is O=C(Cc1cccc2ccccc12)Nc1cccnc1Cl. The van der Waals surface area contributed by atoms with Gasteiger partial charge in [-0.05, 0) is 28.5 Å². The van der Waals surface area contributed by atoms with Crippen molar-refractivity contribution in [3.8, 4) is 0 Å². The van der Waals surface area contributed by atoms with E-state index in [1.165, 1.54) is 0 Å². The highest BCUT2D eigenvalue weighted by atomic mass is 35.5. The fraction of sp³-hybridized carbons (Fsp3) is 0.0588. The lowest BCUT2D eigenvalue weighted by Crippen LogP contribution is -2.15. The summed E-state index contributed by atoms with van der Waals surface area (Å²) < 4.78 is 0. The average molecular weight is 297 g/mol. The molecule has 0 saturated heterocycles. The zero-order chi connectivity index (χ0) is 14.7. The van der Waals surface area contributed by atoms with E-state index in [0.717, 1.165) is 16.3 Å². The maximum Gasteiger partial charge on any atom is 0.228 e. The van der Waals surface area contributed by atoms with Crippen molar-refractivity contribution in [3.63, 3.8) is 0 Å². The molecule has 3 aromatic rings. The van der Waals surface area contributed by atoms with Crippen LogP contribution in [0.4, 0.5) is 5.69 Å². The second-order valence-corrected chi connectivity index (χ2v) is 5.06. The fourth-order valence-electron chi connectivity index (χ4n) is 2.29. The molecule has 21 heavy (non-hydrogen) atoms. The molecule has 2 aromatic carbocycles. The number of rotatable bonds is 3. The summed E-state index contributed by atoms with van der Waals surface area (Å²) in [6.45, 7) is 0. The lowest BCUT2D eigenvalue weighted by molar-refractivity contribution is -0.115. The Bertz CT molecular complexity index is 796. The van der Waals surface area contributed by atoms with Gasteiger partial charge in [-0.3, -0.25) is 4.79 Å². The van der Waals surface area contributed by atoms with Crippen LogP contribution in [0.1, 0.15) is 5.56 Å². The number of pyridine rings is 1. The first-order chi connectivity index (χ1) is 10.2. The van der Waals surface area contributed by atoms with Crippen molar-refractivity contribution in [1.29, 1.82) is 0 Å². The van der Waals surface area contributed by atoms with E-state index >= 15 is 0 Å². The molecule has 104 valence electrons. The second kappa shape index (κ2) is 5.94. The van der Waals surface area contributed by atoms with Crippen LogP contribution in [0.25, 0.3) is 10.8 Å². The lowest BCUT2D eigenvalue weighted by atomic mass is 10.0. The van der Waals surface area contributed by atoms with Crippen molar-refractivity contribution in [2.45, 2.75) is 6.42 Å². The van der Waals surface area contributed by atoms with Crippen LogP contribution < -0.4 is 5.32 Å². The molecule has 0 fully saturated rings. The number of anilines is 1. The first-order valence-corrected chi connectivity index (χ1v) is 6.99. The van der Waals surface area contributed by atoms with E-state index in [-0.39, 0.29) is 5.91 Å². The summed E-state index contributed by atoms with van der Waals surface area (Å²) in [6, 6.07) is 17.5. The normalized spacial score (nSPS) is 10.5. The van der Waals surface area contributed by atoms with Crippen molar-refractivity contribution in [2.24, 2.45) is 0 Å². The summed E-state index contributed by atoms with van der Waals surface area (Å²) in [5.41, 5.74) is 1.52. The third-order valence-corrected chi connectivity index (χ3v) is 3.57. The number of fused-ring (bicyclic) bond motifs is 1. The number of nitrogens with zero attached hydrogens (tertiary/aromatic N) is 1. The van der Waals surface area contributed by atoms with Gasteiger partial charge in [0.1, 0.15) is 0 Å². The summed E-state index contributed by atoms with van der Waals surface area (Å²) in [4.78, 5) is 16.1. The molecule has 3 nitrogen and oxygen atoms in total. The number of halogens is 1. The Morgan fingerprint density at radius 3 is 2.71 bits per heavy atom. The van der Waals surface area contributed by atoms with E-state index in [1.54, 1.807) is 18.3 Å². The predicted octanol–water partition coefficient (Wildman–Crippen LogP) is 4.07. The molecule has 0 saturated carbocycles. The van der Waals surface area contributed by atoms with E-state index in [0.29, 0.717) is 17.3 Å². The van der Waals surface area contributed by atoms with E-state index in [4.69, 9.17) is 11.6 Å². The standard InChI is InChI=1S/C17H13ClN2O/c18-17-15(9-4-10-19-17)20-16(21)11-13-7-3-6-12-5-1-2-8-14(12)13/h1-10H,11H2,(H,20,21). The molecule has 0 aliphatic carbocycles. The van der Waals surface area contributed by atoms with Crippen LogP contribution >= 0.6 is 11.6 Å². The fourth-order valence-corrected chi connectivity index (χ4v) is 2.46. The van der Waals surface area contributed by atoms with E-state index in [1.807, 2.05) is 42.5 Å². The quantitative estimate of drug-likeness (QED) is 0.740. The molecule has 0 aliphatic rings. The Balaban J connectivity index is 1.82. The van der Waals surface area contributed by atoms with Crippen LogP contribution in [0.15, 0.2) is 60.8 Å². The van der Waals surface area contributed by atoms with Crippen LogP contribution in [0.3, 0.4) is 0 Å². The van der Waals surface area contributed by atoms with Crippen LogP contribution in [-0.2, 0) is 11.2 Å².